The highest BCUT2D eigenvalue weighted by Gasteiger charge is 2.20. The molecule has 0 atom stereocenters. The van der Waals surface area contributed by atoms with Gasteiger partial charge in [-0.25, -0.2) is 4.98 Å². The van der Waals surface area contributed by atoms with Crippen LogP contribution in [0.2, 0.25) is 0 Å². The van der Waals surface area contributed by atoms with Gasteiger partial charge in [0.25, 0.3) is 5.91 Å². The molecule has 1 fully saturated rings. The molecule has 1 aromatic heterocycles. The van der Waals surface area contributed by atoms with Crippen LogP contribution in [-0.4, -0.2) is 32.6 Å². The van der Waals surface area contributed by atoms with Crippen molar-refractivity contribution in [1.82, 2.24) is 10.3 Å². The molecule has 2 rings (SSSR count). The minimum absolute atomic E-state index is 0.120. The van der Waals surface area contributed by atoms with Crippen molar-refractivity contribution >= 4 is 22.5 Å². The van der Waals surface area contributed by atoms with Gasteiger partial charge in [-0.3, -0.25) is 9.00 Å². The lowest BCUT2D eigenvalue weighted by Gasteiger charge is -2.22. The molecule has 1 aliphatic rings. The molecule has 0 bridgehead atoms. The summed E-state index contributed by atoms with van der Waals surface area (Å²) in [4.78, 5) is 15.7. The smallest absolute Gasteiger partial charge is 0.251 e. The summed E-state index contributed by atoms with van der Waals surface area (Å²) >= 11 is 0. The third-order valence-electron chi connectivity index (χ3n) is 2.77. The fourth-order valence-corrected chi connectivity index (χ4v) is 3.10. The third kappa shape index (κ3) is 3.26. The molecular formula is C11H15N3O2S. The van der Waals surface area contributed by atoms with E-state index in [2.05, 4.69) is 10.3 Å². The highest BCUT2D eigenvalue weighted by Crippen LogP contribution is 2.10. The Bertz CT molecular complexity index is 440. The molecule has 0 saturated carbocycles. The van der Waals surface area contributed by atoms with Gasteiger partial charge in [0.2, 0.25) is 0 Å². The molecule has 1 aromatic rings. The first kappa shape index (κ1) is 12.0. The van der Waals surface area contributed by atoms with Crippen molar-refractivity contribution in [2.24, 2.45) is 0 Å². The predicted molar refractivity (Wildman–Crippen MR) is 67.0 cm³/mol. The maximum Gasteiger partial charge on any atom is 0.251 e. The molecule has 1 aliphatic heterocycles. The van der Waals surface area contributed by atoms with E-state index in [-0.39, 0.29) is 11.9 Å². The van der Waals surface area contributed by atoms with Crippen LogP contribution >= 0.6 is 0 Å². The Labute approximate surface area is 102 Å². The number of hydrogen-bond acceptors (Lipinski definition) is 4. The average Bonchev–Trinajstić information content (AvgIpc) is 2.32. The number of nitrogens with one attached hydrogen (secondary N) is 1. The van der Waals surface area contributed by atoms with Crippen LogP contribution in [0.5, 0.6) is 0 Å². The lowest BCUT2D eigenvalue weighted by atomic mass is 10.1. The van der Waals surface area contributed by atoms with Gasteiger partial charge in [0.1, 0.15) is 5.82 Å². The molecule has 17 heavy (non-hydrogen) atoms. The van der Waals surface area contributed by atoms with Crippen molar-refractivity contribution < 1.29 is 9.00 Å². The average molecular weight is 253 g/mol. The van der Waals surface area contributed by atoms with Crippen LogP contribution in [0, 0.1) is 0 Å². The molecular weight excluding hydrogens is 238 g/mol. The lowest BCUT2D eigenvalue weighted by Crippen LogP contribution is -2.39. The van der Waals surface area contributed by atoms with Gasteiger partial charge in [-0.1, -0.05) is 0 Å². The standard InChI is InChI=1S/C11H15N3O2S/c12-10-7-8(1-4-13-10)11(15)14-9-2-5-17(16)6-3-9/h1,4,7,9H,2-3,5-6H2,(H2,12,13)(H,14,15). The summed E-state index contributed by atoms with van der Waals surface area (Å²) < 4.78 is 11.2. The Morgan fingerprint density at radius 2 is 2.18 bits per heavy atom. The molecule has 0 aliphatic carbocycles. The van der Waals surface area contributed by atoms with Gasteiger partial charge in [-0.2, -0.15) is 0 Å². The number of aromatic nitrogens is 1. The Morgan fingerprint density at radius 3 is 2.82 bits per heavy atom. The van der Waals surface area contributed by atoms with Gasteiger partial charge >= 0.3 is 0 Å². The SMILES string of the molecule is Nc1cc(C(=O)NC2CCS(=O)CC2)ccn1. The van der Waals surface area contributed by atoms with Gasteiger partial charge in [0.05, 0.1) is 0 Å². The molecule has 5 nitrogen and oxygen atoms in total. The van der Waals surface area contributed by atoms with E-state index in [4.69, 9.17) is 5.73 Å². The normalized spacial score (nSPS) is 24.2. The number of nitrogens with two attached hydrogens (primary N) is 1. The van der Waals surface area contributed by atoms with Crippen LogP contribution in [0.1, 0.15) is 23.2 Å². The maximum atomic E-state index is 11.9. The molecule has 6 heteroatoms. The number of amides is 1. The van der Waals surface area contributed by atoms with Gasteiger partial charge in [-0.15, -0.1) is 0 Å². The van der Waals surface area contributed by atoms with Crippen molar-refractivity contribution in [3.05, 3.63) is 23.9 Å². The quantitative estimate of drug-likeness (QED) is 0.794. The van der Waals surface area contributed by atoms with E-state index in [1.807, 2.05) is 0 Å². The number of carbonyl (C=O) groups is 1. The summed E-state index contributed by atoms with van der Waals surface area (Å²) in [5, 5.41) is 2.93. The van der Waals surface area contributed by atoms with E-state index in [0.717, 1.165) is 12.8 Å². The molecule has 1 saturated heterocycles. The van der Waals surface area contributed by atoms with Crippen molar-refractivity contribution in [3.63, 3.8) is 0 Å². The van der Waals surface area contributed by atoms with Crippen molar-refractivity contribution in [1.29, 1.82) is 0 Å². The molecule has 0 spiro atoms. The van der Waals surface area contributed by atoms with Crippen LogP contribution in [0.3, 0.4) is 0 Å². The van der Waals surface area contributed by atoms with Gasteiger partial charge in [-0.05, 0) is 25.0 Å². The first-order valence-electron chi connectivity index (χ1n) is 5.52. The summed E-state index contributed by atoms with van der Waals surface area (Å²) in [5.41, 5.74) is 6.03. The molecule has 2 heterocycles. The lowest BCUT2D eigenvalue weighted by molar-refractivity contribution is 0.0934. The first-order chi connectivity index (χ1) is 8.15. The number of hydrogen-bond donors (Lipinski definition) is 2. The second kappa shape index (κ2) is 5.27. The predicted octanol–water partition coefficient (Wildman–Crippen LogP) is 0.305. The fourth-order valence-electron chi connectivity index (χ4n) is 1.80. The first-order valence-corrected chi connectivity index (χ1v) is 7.01. The topological polar surface area (TPSA) is 85.1 Å². The highest BCUT2D eigenvalue weighted by atomic mass is 32.2. The zero-order chi connectivity index (χ0) is 12.3. The number of carbonyl (C=O) groups excluding carboxylic acids is 1. The Morgan fingerprint density at radius 1 is 1.47 bits per heavy atom. The second-order valence-electron chi connectivity index (χ2n) is 4.07. The van der Waals surface area contributed by atoms with Gasteiger partial charge < -0.3 is 11.1 Å². The van der Waals surface area contributed by atoms with Crippen LogP contribution in [0.15, 0.2) is 18.3 Å². The van der Waals surface area contributed by atoms with Crippen LogP contribution < -0.4 is 11.1 Å². The van der Waals surface area contributed by atoms with E-state index >= 15 is 0 Å². The van der Waals surface area contributed by atoms with E-state index in [9.17, 15) is 9.00 Å². The summed E-state index contributed by atoms with van der Waals surface area (Å²) in [7, 11) is -0.705. The largest absolute Gasteiger partial charge is 0.384 e. The molecule has 0 unspecified atom stereocenters. The second-order valence-corrected chi connectivity index (χ2v) is 5.76. The monoisotopic (exact) mass is 253 g/mol. The van der Waals surface area contributed by atoms with Crippen molar-refractivity contribution in [2.75, 3.05) is 17.2 Å². The number of nitrogen functional groups attached to an aromatic ring is 1. The van der Waals surface area contributed by atoms with E-state index < -0.39 is 10.8 Å². The Balaban J connectivity index is 1.95. The molecule has 92 valence electrons. The Kier molecular flexibility index (Phi) is 3.73. The van der Waals surface area contributed by atoms with Gasteiger partial charge in [0, 0.05) is 40.1 Å². The van der Waals surface area contributed by atoms with Crippen LogP contribution in [0.25, 0.3) is 0 Å². The molecule has 3 N–H and O–H groups in total. The van der Waals surface area contributed by atoms with E-state index in [1.54, 1.807) is 12.1 Å². The van der Waals surface area contributed by atoms with Crippen molar-refractivity contribution in [3.8, 4) is 0 Å². The van der Waals surface area contributed by atoms with Crippen LogP contribution in [0.4, 0.5) is 5.82 Å². The maximum absolute atomic E-state index is 11.9. The summed E-state index contributed by atoms with van der Waals surface area (Å²) in [5.74, 6) is 1.53. The fraction of sp³-hybridized carbons (Fsp3) is 0.455. The van der Waals surface area contributed by atoms with E-state index in [0.29, 0.717) is 22.9 Å². The van der Waals surface area contributed by atoms with Gasteiger partial charge in [0.15, 0.2) is 0 Å². The highest BCUT2D eigenvalue weighted by molar-refractivity contribution is 7.85. The van der Waals surface area contributed by atoms with Crippen LogP contribution in [-0.2, 0) is 10.8 Å². The number of pyridine rings is 1. The zero-order valence-electron chi connectivity index (χ0n) is 9.39. The summed E-state index contributed by atoms with van der Waals surface area (Å²) in [6.45, 7) is 0. The molecule has 0 radical (unpaired) electrons. The number of rotatable bonds is 2. The third-order valence-corrected chi connectivity index (χ3v) is 4.15. The van der Waals surface area contributed by atoms with E-state index in [1.165, 1.54) is 6.20 Å². The molecule has 0 aromatic carbocycles. The minimum atomic E-state index is -0.705. The summed E-state index contributed by atoms with van der Waals surface area (Å²) in [6, 6.07) is 3.30. The number of nitrogens with zero attached hydrogens (tertiary/aromatic N) is 1. The summed E-state index contributed by atoms with van der Waals surface area (Å²) in [6.07, 6.45) is 3.07. The minimum Gasteiger partial charge on any atom is -0.384 e. The molecule has 1 amide bonds. The zero-order valence-corrected chi connectivity index (χ0v) is 10.2. The number of anilines is 1. The van der Waals surface area contributed by atoms with Crippen molar-refractivity contribution in [2.45, 2.75) is 18.9 Å². The Hall–Kier alpha value is -1.43.